The van der Waals surface area contributed by atoms with Crippen molar-refractivity contribution in [2.45, 2.75) is 37.6 Å². The van der Waals surface area contributed by atoms with Gasteiger partial charge in [0.2, 0.25) is 10.0 Å². The van der Waals surface area contributed by atoms with Gasteiger partial charge in [0.25, 0.3) is 0 Å². The number of nitrogens with zero attached hydrogens (tertiary/aromatic N) is 1. The van der Waals surface area contributed by atoms with Crippen molar-refractivity contribution in [2.75, 3.05) is 7.05 Å². The standard InChI is InChI=1S/C13H18FNO4S/c1-4-10(5-2)15(3)20(18,19)12-8-9(13(16)17)6-7-11(12)14/h6-8,10H,4-5H2,1-3H3,(H,16,17). The normalized spacial score (nSPS) is 12.1. The number of aromatic carboxylic acids is 1. The molecule has 1 N–H and O–H groups in total. The van der Waals surface area contributed by atoms with Crippen LogP contribution in [0.4, 0.5) is 4.39 Å². The van der Waals surface area contributed by atoms with Crippen LogP contribution in [-0.2, 0) is 10.0 Å². The molecule has 0 fully saturated rings. The van der Waals surface area contributed by atoms with Gasteiger partial charge >= 0.3 is 5.97 Å². The highest BCUT2D eigenvalue weighted by atomic mass is 32.2. The molecular formula is C13H18FNO4S. The Morgan fingerprint density at radius 2 is 1.90 bits per heavy atom. The van der Waals surface area contributed by atoms with Gasteiger partial charge in [-0.2, -0.15) is 4.31 Å². The minimum atomic E-state index is -4.05. The van der Waals surface area contributed by atoms with Gasteiger partial charge < -0.3 is 5.11 Å². The number of carboxylic acid groups (broad SMARTS) is 1. The van der Waals surface area contributed by atoms with E-state index in [0.717, 1.165) is 22.5 Å². The Kier molecular flexibility index (Phi) is 5.24. The van der Waals surface area contributed by atoms with Crippen LogP contribution in [0.3, 0.4) is 0 Å². The summed E-state index contributed by atoms with van der Waals surface area (Å²) in [4.78, 5) is 10.3. The third kappa shape index (κ3) is 3.16. The molecule has 0 aliphatic carbocycles. The second-order valence-electron chi connectivity index (χ2n) is 4.44. The van der Waals surface area contributed by atoms with E-state index in [0.29, 0.717) is 12.8 Å². The van der Waals surface area contributed by atoms with Crippen LogP contribution in [0, 0.1) is 5.82 Å². The van der Waals surface area contributed by atoms with E-state index in [4.69, 9.17) is 5.11 Å². The Morgan fingerprint density at radius 3 is 2.35 bits per heavy atom. The zero-order valence-electron chi connectivity index (χ0n) is 11.6. The highest BCUT2D eigenvalue weighted by molar-refractivity contribution is 7.89. The third-order valence-electron chi connectivity index (χ3n) is 3.29. The van der Waals surface area contributed by atoms with Gasteiger partial charge in [0.15, 0.2) is 0 Å². The zero-order chi connectivity index (χ0) is 15.5. The summed E-state index contributed by atoms with van der Waals surface area (Å²) in [7, 11) is -2.68. The molecule has 1 aromatic carbocycles. The lowest BCUT2D eigenvalue weighted by molar-refractivity contribution is 0.0696. The fourth-order valence-electron chi connectivity index (χ4n) is 1.99. The summed E-state index contributed by atoms with van der Waals surface area (Å²) in [6.07, 6.45) is 1.18. The largest absolute Gasteiger partial charge is 0.478 e. The van der Waals surface area contributed by atoms with Crippen LogP contribution < -0.4 is 0 Å². The van der Waals surface area contributed by atoms with E-state index in [1.807, 2.05) is 13.8 Å². The summed E-state index contributed by atoms with van der Waals surface area (Å²) in [6.45, 7) is 3.68. The molecule has 7 heteroatoms. The van der Waals surface area contributed by atoms with Gasteiger partial charge in [-0.3, -0.25) is 0 Å². The Balaban J connectivity index is 3.34. The number of hydrogen-bond acceptors (Lipinski definition) is 3. The summed E-state index contributed by atoms with van der Waals surface area (Å²) in [5.74, 6) is -2.25. The Bertz CT molecular complexity index is 596. The van der Waals surface area contributed by atoms with Crippen LogP contribution in [0.15, 0.2) is 23.1 Å². The highest BCUT2D eigenvalue weighted by Gasteiger charge is 2.29. The Hall–Kier alpha value is -1.47. The monoisotopic (exact) mass is 303 g/mol. The van der Waals surface area contributed by atoms with Gasteiger partial charge in [0.1, 0.15) is 10.7 Å². The first-order valence-corrected chi connectivity index (χ1v) is 7.70. The number of halogens is 1. The Labute approximate surface area is 118 Å². The molecule has 0 amide bonds. The first-order chi connectivity index (χ1) is 9.25. The quantitative estimate of drug-likeness (QED) is 0.875. The predicted molar refractivity (Wildman–Crippen MR) is 72.7 cm³/mol. The van der Waals surface area contributed by atoms with E-state index in [1.165, 1.54) is 7.05 Å². The predicted octanol–water partition coefficient (Wildman–Crippen LogP) is 2.33. The molecule has 0 saturated heterocycles. The van der Waals surface area contributed by atoms with Crippen molar-refractivity contribution < 1.29 is 22.7 Å². The van der Waals surface area contributed by atoms with E-state index in [9.17, 15) is 17.6 Å². The topological polar surface area (TPSA) is 74.7 Å². The van der Waals surface area contributed by atoms with Gasteiger partial charge in [-0.1, -0.05) is 13.8 Å². The number of rotatable bonds is 6. The van der Waals surface area contributed by atoms with Crippen molar-refractivity contribution in [3.05, 3.63) is 29.6 Å². The molecule has 0 unspecified atom stereocenters. The fourth-order valence-corrected chi connectivity index (χ4v) is 3.58. The van der Waals surface area contributed by atoms with Gasteiger partial charge in [-0.15, -0.1) is 0 Å². The fraction of sp³-hybridized carbons (Fsp3) is 0.462. The van der Waals surface area contributed by atoms with E-state index in [2.05, 4.69) is 0 Å². The lowest BCUT2D eigenvalue weighted by Crippen LogP contribution is -2.36. The van der Waals surface area contributed by atoms with Crippen molar-refractivity contribution in [1.82, 2.24) is 4.31 Å². The lowest BCUT2D eigenvalue weighted by Gasteiger charge is -2.25. The van der Waals surface area contributed by atoms with Crippen molar-refractivity contribution in [2.24, 2.45) is 0 Å². The summed E-state index contributed by atoms with van der Waals surface area (Å²) < 4.78 is 39.6. The first-order valence-electron chi connectivity index (χ1n) is 6.26. The number of benzene rings is 1. The molecule has 0 saturated carbocycles. The molecular weight excluding hydrogens is 285 g/mol. The number of hydrogen-bond donors (Lipinski definition) is 1. The van der Waals surface area contributed by atoms with Crippen LogP contribution in [0.1, 0.15) is 37.0 Å². The summed E-state index contributed by atoms with van der Waals surface area (Å²) in [5, 5.41) is 8.88. The van der Waals surface area contributed by atoms with Gasteiger partial charge in [0.05, 0.1) is 5.56 Å². The summed E-state index contributed by atoms with van der Waals surface area (Å²) >= 11 is 0. The first kappa shape index (κ1) is 16.6. The van der Waals surface area contributed by atoms with Crippen LogP contribution in [0.25, 0.3) is 0 Å². The Morgan fingerprint density at radius 1 is 1.35 bits per heavy atom. The van der Waals surface area contributed by atoms with Crippen LogP contribution >= 0.6 is 0 Å². The summed E-state index contributed by atoms with van der Waals surface area (Å²) in [6, 6.07) is 2.49. The lowest BCUT2D eigenvalue weighted by atomic mass is 10.2. The third-order valence-corrected chi connectivity index (χ3v) is 5.22. The molecule has 112 valence electrons. The van der Waals surface area contributed by atoms with Crippen molar-refractivity contribution in [3.63, 3.8) is 0 Å². The molecule has 0 spiro atoms. The molecule has 5 nitrogen and oxygen atoms in total. The number of carbonyl (C=O) groups is 1. The van der Waals surface area contributed by atoms with Gasteiger partial charge in [-0.05, 0) is 31.0 Å². The second-order valence-corrected chi connectivity index (χ2v) is 6.41. The molecule has 0 radical (unpaired) electrons. The number of sulfonamides is 1. The van der Waals surface area contributed by atoms with E-state index in [1.54, 1.807) is 0 Å². The maximum Gasteiger partial charge on any atom is 0.335 e. The van der Waals surface area contributed by atoms with Crippen molar-refractivity contribution in [3.8, 4) is 0 Å². The van der Waals surface area contributed by atoms with Crippen LogP contribution in [-0.4, -0.2) is 36.9 Å². The van der Waals surface area contributed by atoms with Crippen molar-refractivity contribution >= 4 is 16.0 Å². The SMILES string of the molecule is CCC(CC)N(C)S(=O)(=O)c1cc(C(=O)O)ccc1F. The minimum absolute atomic E-state index is 0.257. The van der Waals surface area contributed by atoms with Gasteiger partial charge in [-0.25, -0.2) is 17.6 Å². The van der Waals surface area contributed by atoms with Crippen LogP contribution in [0.5, 0.6) is 0 Å². The zero-order valence-corrected chi connectivity index (χ0v) is 12.4. The van der Waals surface area contributed by atoms with E-state index >= 15 is 0 Å². The molecule has 1 aromatic rings. The maximum atomic E-state index is 13.8. The molecule has 0 atom stereocenters. The minimum Gasteiger partial charge on any atom is -0.478 e. The maximum absolute atomic E-state index is 13.8. The summed E-state index contributed by atoms with van der Waals surface area (Å²) in [5.41, 5.74) is -0.261. The molecule has 0 aliphatic rings. The highest BCUT2D eigenvalue weighted by Crippen LogP contribution is 2.23. The molecule has 0 bridgehead atoms. The van der Waals surface area contributed by atoms with E-state index in [-0.39, 0.29) is 11.6 Å². The van der Waals surface area contributed by atoms with Crippen molar-refractivity contribution in [1.29, 1.82) is 0 Å². The van der Waals surface area contributed by atoms with E-state index < -0.39 is 26.7 Å². The smallest absolute Gasteiger partial charge is 0.335 e. The average molecular weight is 303 g/mol. The molecule has 0 heterocycles. The number of carboxylic acids is 1. The average Bonchev–Trinajstić information content (AvgIpc) is 2.39. The molecule has 20 heavy (non-hydrogen) atoms. The molecule has 1 rings (SSSR count). The van der Waals surface area contributed by atoms with Crippen LogP contribution in [0.2, 0.25) is 0 Å². The van der Waals surface area contributed by atoms with Gasteiger partial charge in [0, 0.05) is 13.1 Å². The molecule has 0 aliphatic heterocycles. The molecule has 0 aromatic heterocycles. The second kappa shape index (κ2) is 6.32.